The minimum atomic E-state index is -0.00108. The highest BCUT2D eigenvalue weighted by Gasteiger charge is 2.15. The number of aromatic nitrogens is 2. The lowest BCUT2D eigenvalue weighted by Gasteiger charge is -2.22. The summed E-state index contributed by atoms with van der Waals surface area (Å²) in [5.74, 6) is 0.560. The Bertz CT molecular complexity index is 585. The second-order valence-corrected chi connectivity index (χ2v) is 5.86. The van der Waals surface area contributed by atoms with Crippen LogP contribution in [0.4, 0.5) is 0 Å². The molecule has 0 bridgehead atoms. The van der Waals surface area contributed by atoms with Gasteiger partial charge in [0.2, 0.25) is 0 Å². The van der Waals surface area contributed by atoms with Gasteiger partial charge >= 0.3 is 0 Å². The Hall–Kier alpha value is -1.46. The molecule has 2 aromatic heterocycles. The second-order valence-electron chi connectivity index (χ2n) is 4.91. The molecule has 1 saturated heterocycles. The van der Waals surface area contributed by atoms with Gasteiger partial charge in [0.1, 0.15) is 5.69 Å². The number of rotatable bonds is 3. The maximum atomic E-state index is 11.9. The Labute approximate surface area is 116 Å². The Balaban J connectivity index is 1.84. The average Bonchev–Trinajstić information content (AvgIpc) is 2.96. The lowest BCUT2D eigenvalue weighted by Crippen LogP contribution is -2.33. The normalized spacial score (nSPS) is 16.6. The van der Waals surface area contributed by atoms with Crippen LogP contribution in [0, 0.1) is 5.92 Å². The molecule has 0 amide bonds. The van der Waals surface area contributed by atoms with Gasteiger partial charge in [0, 0.05) is 12.6 Å². The summed E-state index contributed by atoms with van der Waals surface area (Å²) in [4.78, 5) is 13.0. The molecule has 1 fully saturated rings. The summed E-state index contributed by atoms with van der Waals surface area (Å²) in [7, 11) is 0. The molecule has 2 aromatic rings. The third-order valence-electron chi connectivity index (χ3n) is 3.53. The Morgan fingerprint density at radius 1 is 1.32 bits per heavy atom. The van der Waals surface area contributed by atoms with Gasteiger partial charge in [-0.05, 0) is 49.4 Å². The lowest BCUT2D eigenvalue weighted by molar-refractivity contribution is 0.316. The molecule has 3 heterocycles. The molecule has 19 heavy (non-hydrogen) atoms. The van der Waals surface area contributed by atoms with Crippen molar-refractivity contribution < 1.29 is 0 Å². The fourth-order valence-electron chi connectivity index (χ4n) is 2.44. The van der Waals surface area contributed by atoms with Crippen LogP contribution in [0.3, 0.4) is 0 Å². The summed E-state index contributed by atoms with van der Waals surface area (Å²) >= 11 is 1.65. The average molecular weight is 275 g/mol. The van der Waals surface area contributed by atoms with Crippen molar-refractivity contribution in [3.05, 3.63) is 40.0 Å². The first-order chi connectivity index (χ1) is 9.33. The standard InChI is InChI=1S/C14H17N3OS/c18-14-4-3-12(13-2-1-9-19-13)16-17(14)10-11-5-7-15-8-6-11/h1-4,9,11,15H,5-8,10H2. The highest BCUT2D eigenvalue weighted by Crippen LogP contribution is 2.21. The molecule has 0 aromatic carbocycles. The molecule has 1 aliphatic rings. The first-order valence-corrected chi connectivity index (χ1v) is 7.53. The summed E-state index contributed by atoms with van der Waals surface area (Å²) in [6.07, 6.45) is 2.24. The number of hydrogen-bond acceptors (Lipinski definition) is 4. The van der Waals surface area contributed by atoms with E-state index < -0.39 is 0 Å². The van der Waals surface area contributed by atoms with E-state index in [9.17, 15) is 4.79 Å². The Morgan fingerprint density at radius 2 is 2.16 bits per heavy atom. The van der Waals surface area contributed by atoms with E-state index >= 15 is 0 Å². The van der Waals surface area contributed by atoms with E-state index in [1.165, 1.54) is 0 Å². The van der Waals surface area contributed by atoms with Gasteiger partial charge in [0.15, 0.2) is 0 Å². The number of nitrogens with zero attached hydrogens (tertiary/aromatic N) is 2. The Kier molecular flexibility index (Phi) is 3.75. The molecule has 100 valence electrons. The van der Waals surface area contributed by atoms with Crippen molar-refractivity contribution in [1.82, 2.24) is 15.1 Å². The molecule has 0 spiro atoms. The molecule has 3 rings (SSSR count). The van der Waals surface area contributed by atoms with Crippen LogP contribution in [0.15, 0.2) is 34.4 Å². The van der Waals surface area contributed by atoms with Crippen molar-refractivity contribution in [2.45, 2.75) is 19.4 Å². The van der Waals surface area contributed by atoms with E-state index in [2.05, 4.69) is 10.4 Å². The van der Waals surface area contributed by atoms with E-state index in [1.54, 1.807) is 22.1 Å². The molecular weight excluding hydrogens is 258 g/mol. The summed E-state index contributed by atoms with van der Waals surface area (Å²) in [6.45, 7) is 2.83. The zero-order valence-electron chi connectivity index (χ0n) is 10.7. The van der Waals surface area contributed by atoms with Crippen molar-refractivity contribution in [3.8, 4) is 10.6 Å². The van der Waals surface area contributed by atoms with Crippen molar-refractivity contribution >= 4 is 11.3 Å². The number of hydrogen-bond donors (Lipinski definition) is 1. The van der Waals surface area contributed by atoms with Crippen LogP contribution in [0.25, 0.3) is 10.6 Å². The summed E-state index contributed by atoms with van der Waals surface area (Å²) in [5.41, 5.74) is 0.891. The van der Waals surface area contributed by atoms with Crippen LogP contribution in [0.1, 0.15) is 12.8 Å². The van der Waals surface area contributed by atoms with E-state index in [1.807, 2.05) is 23.6 Å². The van der Waals surface area contributed by atoms with Gasteiger partial charge in [-0.15, -0.1) is 11.3 Å². The fraction of sp³-hybridized carbons (Fsp3) is 0.429. The second kappa shape index (κ2) is 5.67. The molecule has 0 aliphatic carbocycles. The van der Waals surface area contributed by atoms with E-state index in [0.717, 1.165) is 43.0 Å². The van der Waals surface area contributed by atoms with Gasteiger partial charge in [-0.3, -0.25) is 4.79 Å². The van der Waals surface area contributed by atoms with E-state index in [4.69, 9.17) is 0 Å². The quantitative estimate of drug-likeness (QED) is 0.931. The number of piperidine rings is 1. The zero-order valence-corrected chi connectivity index (χ0v) is 11.5. The topological polar surface area (TPSA) is 46.9 Å². The third-order valence-corrected chi connectivity index (χ3v) is 4.42. The van der Waals surface area contributed by atoms with E-state index in [-0.39, 0.29) is 5.56 Å². The van der Waals surface area contributed by atoms with Gasteiger partial charge in [-0.1, -0.05) is 6.07 Å². The van der Waals surface area contributed by atoms with Crippen LogP contribution in [-0.4, -0.2) is 22.9 Å². The lowest BCUT2D eigenvalue weighted by atomic mass is 9.98. The smallest absolute Gasteiger partial charge is 0.266 e. The fourth-order valence-corrected chi connectivity index (χ4v) is 3.13. The predicted molar refractivity (Wildman–Crippen MR) is 77.4 cm³/mol. The summed E-state index contributed by atoms with van der Waals surface area (Å²) in [6, 6.07) is 7.48. The molecule has 0 unspecified atom stereocenters. The first kappa shape index (κ1) is 12.6. The van der Waals surface area contributed by atoms with Crippen LogP contribution in [0.2, 0.25) is 0 Å². The number of thiophene rings is 1. The van der Waals surface area contributed by atoms with Gasteiger partial charge < -0.3 is 5.32 Å². The van der Waals surface area contributed by atoms with Crippen molar-refractivity contribution in [2.24, 2.45) is 5.92 Å². The molecule has 0 saturated carbocycles. The van der Waals surface area contributed by atoms with Crippen LogP contribution in [0.5, 0.6) is 0 Å². The molecule has 1 N–H and O–H groups in total. The van der Waals surface area contributed by atoms with Crippen LogP contribution >= 0.6 is 11.3 Å². The van der Waals surface area contributed by atoms with Crippen molar-refractivity contribution in [2.75, 3.05) is 13.1 Å². The SMILES string of the molecule is O=c1ccc(-c2cccs2)nn1CC1CCNCC1. The maximum Gasteiger partial charge on any atom is 0.266 e. The van der Waals surface area contributed by atoms with Crippen LogP contribution < -0.4 is 10.9 Å². The maximum absolute atomic E-state index is 11.9. The first-order valence-electron chi connectivity index (χ1n) is 6.66. The van der Waals surface area contributed by atoms with Crippen LogP contribution in [-0.2, 0) is 6.54 Å². The van der Waals surface area contributed by atoms with Gasteiger partial charge in [-0.2, -0.15) is 5.10 Å². The Morgan fingerprint density at radius 3 is 2.89 bits per heavy atom. The molecule has 1 aliphatic heterocycles. The monoisotopic (exact) mass is 275 g/mol. The van der Waals surface area contributed by atoms with Gasteiger partial charge in [-0.25, -0.2) is 4.68 Å². The molecule has 5 heteroatoms. The summed E-state index contributed by atoms with van der Waals surface area (Å²) < 4.78 is 1.63. The molecular formula is C14H17N3OS. The molecule has 4 nitrogen and oxygen atoms in total. The third kappa shape index (κ3) is 2.93. The minimum Gasteiger partial charge on any atom is -0.317 e. The van der Waals surface area contributed by atoms with E-state index in [0.29, 0.717) is 5.92 Å². The van der Waals surface area contributed by atoms with Crippen molar-refractivity contribution in [1.29, 1.82) is 0 Å². The van der Waals surface area contributed by atoms with Gasteiger partial charge in [0.25, 0.3) is 5.56 Å². The molecule has 0 radical (unpaired) electrons. The molecule has 0 atom stereocenters. The predicted octanol–water partition coefficient (Wildman–Crippen LogP) is 1.97. The summed E-state index contributed by atoms with van der Waals surface area (Å²) in [5, 5.41) is 9.87. The largest absolute Gasteiger partial charge is 0.317 e. The highest BCUT2D eigenvalue weighted by molar-refractivity contribution is 7.13. The van der Waals surface area contributed by atoms with Gasteiger partial charge in [0.05, 0.1) is 4.88 Å². The minimum absolute atomic E-state index is 0.00108. The highest BCUT2D eigenvalue weighted by atomic mass is 32.1. The zero-order chi connectivity index (χ0) is 13.1. The van der Waals surface area contributed by atoms with Crippen molar-refractivity contribution in [3.63, 3.8) is 0 Å². The number of nitrogens with one attached hydrogen (secondary N) is 1.